The number of nitrogen functional groups attached to an aromatic ring is 1. The summed E-state index contributed by atoms with van der Waals surface area (Å²) in [6.45, 7) is 2.26. The maximum absolute atomic E-state index is 12.2. The Bertz CT molecular complexity index is 601. The van der Waals surface area contributed by atoms with Crippen molar-refractivity contribution in [3.8, 4) is 0 Å². The van der Waals surface area contributed by atoms with Gasteiger partial charge in [0.25, 0.3) is 0 Å². The molecule has 1 fully saturated rings. The highest BCUT2D eigenvalue weighted by molar-refractivity contribution is 7.89. The average molecular weight is 311 g/mol. The molecule has 6 heteroatoms. The number of rotatable bonds is 4. The number of nitrogens with one attached hydrogen (secondary N) is 1. The summed E-state index contributed by atoms with van der Waals surface area (Å²) < 4.78 is 26.8. The first-order chi connectivity index (χ1) is 9.85. The van der Waals surface area contributed by atoms with Crippen molar-refractivity contribution in [2.24, 2.45) is 5.92 Å². The molecule has 0 bridgehead atoms. The number of anilines is 2. The van der Waals surface area contributed by atoms with Crippen LogP contribution >= 0.6 is 0 Å². The maximum atomic E-state index is 12.2. The highest BCUT2D eigenvalue weighted by Gasteiger charge is 2.26. The number of benzene rings is 1. The van der Waals surface area contributed by atoms with Crippen LogP contribution in [0.1, 0.15) is 32.6 Å². The molecule has 21 heavy (non-hydrogen) atoms. The van der Waals surface area contributed by atoms with Gasteiger partial charge in [-0.2, -0.15) is 0 Å². The molecule has 0 radical (unpaired) electrons. The Labute approximate surface area is 127 Å². The number of hydrogen-bond donors (Lipinski definition) is 2. The van der Waals surface area contributed by atoms with E-state index in [9.17, 15) is 8.42 Å². The van der Waals surface area contributed by atoms with E-state index in [0.29, 0.717) is 17.6 Å². The Balaban J connectivity index is 2.39. The molecule has 1 aromatic carbocycles. The van der Waals surface area contributed by atoms with Crippen molar-refractivity contribution < 1.29 is 8.42 Å². The largest absolute Gasteiger partial charge is 0.399 e. The third-order valence-corrected chi connectivity index (χ3v) is 5.82. The molecular formula is C15H25N3O2S. The predicted molar refractivity (Wildman–Crippen MR) is 86.9 cm³/mol. The van der Waals surface area contributed by atoms with Gasteiger partial charge in [0, 0.05) is 18.8 Å². The molecule has 0 spiro atoms. The van der Waals surface area contributed by atoms with Crippen molar-refractivity contribution in [1.82, 2.24) is 4.72 Å². The maximum Gasteiger partial charge on any atom is 0.242 e. The van der Waals surface area contributed by atoms with E-state index in [2.05, 4.69) is 16.5 Å². The van der Waals surface area contributed by atoms with Crippen LogP contribution < -0.4 is 15.4 Å². The summed E-state index contributed by atoms with van der Waals surface area (Å²) in [6.07, 6.45) is 4.65. The summed E-state index contributed by atoms with van der Waals surface area (Å²) in [5.74, 6) is 0.685. The van der Waals surface area contributed by atoms with Crippen molar-refractivity contribution in [1.29, 1.82) is 0 Å². The molecule has 0 saturated heterocycles. The molecule has 5 nitrogen and oxygen atoms in total. The number of nitrogens with zero attached hydrogens (tertiary/aromatic N) is 1. The van der Waals surface area contributed by atoms with Crippen molar-refractivity contribution in [3.05, 3.63) is 18.2 Å². The highest BCUT2D eigenvalue weighted by Crippen LogP contribution is 2.33. The molecule has 0 aliphatic heterocycles. The van der Waals surface area contributed by atoms with Gasteiger partial charge in [-0.1, -0.05) is 19.8 Å². The van der Waals surface area contributed by atoms with Gasteiger partial charge in [-0.3, -0.25) is 0 Å². The molecule has 1 aliphatic rings. The SMILES string of the molecule is CNS(=O)(=O)c1cc(N)ccc1N(C)C1CCCC(C)C1. The summed E-state index contributed by atoms with van der Waals surface area (Å²) in [5, 5.41) is 0. The Hall–Kier alpha value is -1.27. The van der Waals surface area contributed by atoms with Crippen LogP contribution in [-0.2, 0) is 10.0 Å². The lowest BCUT2D eigenvalue weighted by Gasteiger charge is -2.36. The first-order valence-corrected chi connectivity index (χ1v) is 8.89. The fourth-order valence-corrected chi connectivity index (χ4v) is 4.10. The normalized spacial score (nSPS) is 23.0. The summed E-state index contributed by atoms with van der Waals surface area (Å²) in [7, 11) is -0.123. The van der Waals surface area contributed by atoms with E-state index in [-0.39, 0.29) is 4.90 Å². The van der Waals surface area contributed by atoms with E-state index in [1.807, 2.05) is 7.05 Å². The molecule has 2 rings (SSSR count). The van der Waals surface area contributed by atoms with Crippen LogP contribution in [0.5, 0.6) is 0 Å². The van der Waals surface area contributed by atoms with Gasteiger partial charge in [0.2, 0.25) is 10.0 Å². The third-order valence-electron chi connectivity index (χ3n) is 4.38. The zero-order valence-corrected chi connectivity index (χ0v) is 13.8. The van der Waals surface area contributed by atoms with Gasteiger partial charge < -0.3 is 10.6 Å². The van der Waals surface area contributed by atoms with Crippen LogP contribution in [0.2, 0.25) is 0 Å². The van der Waals surface area contributed by atoms with Gasteiger partial charge in [-0.25, -0.2) is 13.1 Å². The van der Waals surface area contributed by atoms with Crippen molar-refractivity contribution in [2.45, 2.75) is 43.5 Å². The van der Waals surface area contributed by atoms with Crippen LogP contribution in [0.4, 0.5) is 11.4 Å². The minimum atomic E-state index is -3.52. The minimum Gasteiger partial charge on any atom is -0.399 e. The number of hydrogen-bond acceptors (Lipinski definition) is 4. The molecule has 0 aromatic heterocycles. The van der Waals surface area contributed by atoms with Gasteiger partial charge in [0.15, 0.2) is 0 Å². The molecule has 118 valence electrons. The average Bonchev–Trinajstić information content (AvgIpc) is 2.46. The smallest absolute Gasteiger partial charge is 0.242 e. The van der Waals surface area contributed by atoms with E-state index < -0.39 is 10.0 Å². The monoisotopic (exact) mass is 311 g/mol. The first kappa shape index (κ1) is 16.1. The molecule has 0 amide bonds. The summed E-state index contributed by atoms with van der Waals surface area (Å²) in [4.78, 5) is 2.35. The van der Waals surface area contributed by atoms with E-state index in [4.69, 9.17) is 5.73 Å². The molecule has 2 unspecified atom stereocenters. The van der Waals surface area contributed by atoms with E-state index >= 15 is 0 Å². The standard InChI is InChI=1S/C15H25N3O2S/c1-11-5-4-6-13(9-11)18(3)14-8-7-12(16)10-15(14)21(19,20)17-2/h7-8,10-11,13,17H,4-6,9,16H2,1-3H3. The summed E-state index contributed by atoms with van der Waals surface area (Å²) in [5.41, 5.74) is 6.95. The van der Waals surface area contributed by atoms with Gasteiger partial charge >= 0.3 is 0 Å². The van der Waals surface area contributed by atoms with Gasteiger partial charge in [0.05, 0.1) is 5.69 Å². The molecule has 1 aliphatic carbocycles. The Morgan fingerprint density at radius 1 is 1.33 bits per heavy atom. The van der Waals surface area contributed by atoms with E-state index in [1.165, 1.54) is 26.0 Å². The van der Waals surface area contributed by atoms with E-state index in [0.717, 1.165) is 18.5 Å². The molecular weight excluding hydrogens is 286 g/mol. The predicted octanol–water partition coefficient (Wildman–Crippen LogP) is 2.19. The summed E-state index contributed by atoms with van der Waals surface area (Å²) in [6, 6.07) is 5.47. The third kappa shape index (κ3) is 3.49. The molecule has 2 atom stereocenters. The highest BCUT2D eigenvalue weighted by atomic mass is 32.2. The Morgan fingerprint density at radius 2 is 2.05 bits per heavy atom. The minimum absolute atomic E-state index is 0.255. The van der Waals surface area contributed by atoms with Crippen molar-refractivity contribution in [2.75, 3.05) is 24.7 Å². The molecule has 0 heterocycles. The Morgan fingerprint density at radius 3 is 2.67 bits per heavy atom. The topological polar surface area (TPSA) is 75.4 Å². The second kappa shape index (κ2) is 6.23. The van der Waals surface area contributed by atoms with E-state index in [1.54, 1.807) is 12.1 Å². The lowest BCUT2D eigenvalue weighted by molar-refractivity contribution is 0.336. The van der Waals surface area contributed by atoms with Crippen LogP contribution in [0.15, 0.2) is 23.1 Å². The summed E-state index contributed by atoms with van der Waals surface area (Å²) >= 11 is 0. The molecule has 1 aromatic rings. The van der Waals surface area contributed by atoms with Gasteiger partial charge in [-0.15, -0.1) is 0 Å². The zero-order valence-electron chi connectivity index (χ0n) is 13.0. The number of nitrogens with two attached hydrogens (primary N) is 1. The molecule has 3 N–H and O–H groups in total. The lowest BCUT2D eigenvalue weighted by atomic mass is 9.86. The van der Waals surface area contributed by atoms with Gasteiger partial charge in [-0.05, 0) is 44.0 Å². The molecule has 1 saturated carbocycles. The fraction of sp³-hybridized carbons (Fsp3) is 0.600. The zero-order chi connectivity index (χ0) is 15.6. The van der Waals surface area contributed by atoms with Crippen LogP contribution in [-0.4, -0.2) is 28.6 Å². The second-order valence-corrected chi connectivity index (χ2v) is 7.83. The van der Waals surface area contributed by atoms with Crippen LogP contribution in [0, 0.1) is 5.92 Å². The van der Waals surface area contributed by atoms with Crippen molar-refractivity contribution in [3.63, 3.8) is 0 Å². The quantitative estimate of drug-likeness (QED) is 0.836. The second-order valence-electron chi connectivity index (χ2n) is 5.97. The lowest BCUT2D eigenvalue weighted by Crippen LogP contribution is -2.36. The van der Waals surface area contributed by atoms with Crippen LogP contribution in [0.25, 0.3) is 0 Å². The first-order valence-electron chi connectivity index (χ1n) is 7.41. The fourth-order valence-electron chi connectivity index (χ4n) is 3.10. The van der Waals surface area contributed by atoms with Crippen molar-refractivity contribution >= 4 is 21.4 Å². The van der Waals surface area contributed by atoms with Crippen LogP contribution in [0.3, 0.4) is 0 Å². The Kier molecular flexibility index (Phi) is 4.78. The van der Waals surface area contributed by atoms with Gasteiger partial charge in [0.1, 0.15) is 4.90 Å². The number of sulfonamides is 1.